The number of ether oxygens (including phenoxy) is 2. The van der Waals surface area contributed by atoms with Gasteiger partial charge in [-0.15, -0.1) is 0 Å². The molecule has 3 nitrogen and oxygen atoms in total. The molecule has 0 amide bonds. The highest BCUT2D eigenvalue weighted by molar-refractivity contribution is 5.38. The van der Waals surface area contributed by atoms with E-state index in [9.17, 15) is 5.11 Å². The lowest BCUT2D eigenvalue weighted by molar-refractivity contribution is 0.0909. The average molecular weight is 266 g/mol. The highest BCUT2D eigenvalue weighted by Crippen LogP contribution is 2.26. The minimum absolute atomic E-state index is 0.515. The summed E-state index contributed by atoms with van der Waals surface area (Å²) >= 11 is 0. The number of hydrogen-bond donors (Lipinski definition) is 1. The Balaban J connectivity index is 2.38. The van der Waals surface area contributed by atoms with E-state index in [2.05, 4.69) is 13.8 Å². The fraction of sp³-hybridized carbons (Fsp3) is 0.625. The van der Waals surface area contributed by atoms with Crippen molar-refractivity contribution in [2.75, 3.05) is 19.8 Å². The Morgan fingerprint density at radius 1 is 1.11 bits per heavy atom. The van der Waals surface area contributed by atoms with Crippen LogP contribution in [0.15, 0.2) is 18.2 Å². The third-order valence-electron chi connectivity index (χ3n) is 2.94. The van der Waals surface area contributed by atoms with E-state index < -0.39 is 6.10 Å². The van der Waals surface area contributed by atoms with Crippen molar-refractivity contribution in [3.63, 3.8) is 0 Å². The Morgan fingerprint density at radius 3 is 2.47 bits per heavy atom. The Morgan fingerprint density at radius 2 is 1.84 bits per heavy atom. The lowest BCUT2D eigenvalue weighted by atomic mass is 10.1. The highest BCUT2D eigenvalue weighted by atomic mass is 16.5. The summed E-state index contributed by atoms with van der Waals surface area (Å²) in [6.07, 6.45) is 0.557. The van der Waals surface area contributed by atoms with E-state index >= 15 is 0 Å². The van der Waals surface area contributed by atoms with Gasteiger partial charge in [-0.05, 0) is 37.8 Å². The topological polar surface area (TPSA) is 38.7 Å². The highest BCUT2D eigenvalue weighted by Gasteiger charge is 2.09. The third-order valence-corrected chi connectivity index (χ3v) is 2.94. The van der Waals surface area contributed by atoms with Crippen LogP contribution in [0.1, 0.15) is 44.4 Å². The molecular formula is C16H26O3. The van der Waals surface area contributed by atoms with Crippen LogP contribution in [0.5, 0.6) is 5.75 Å². The summed E-state index contributed by atoms with van der Waals surface area (Å²) in [6.45, 7) is 10.00. The van der Waals surface area contributed by atoms with Crippen molar-refractivity contribution in [2.24, 2.45) is 5.92 Å². The molecule has 0 radical (unpaired) electrons. The van der Waals surface area contributed by atoms with Crippen LogP contribution in [-0.2, 0) is 4.74 Å². The summed E-state index contributed by atoms with van der Waals surface area (Å²) < 4.78 is 11.2. The second-order valence-corrected chi connectivity index (χ2v) is 5.36. The van der Waals surface area contributed by atoms with Gasteiger partial charge >= 0.3 is 0 Å². The van der Waals surface area contributed by atoms with Gasteiger partial charge in [0.15, 0.2) is 0 Å². The lowest BCUT2D eigenvalue weighted by Crippen LogP contribution is -2.10. The van der Waals surface area contributed by atoms with Crippen LogP contribution < -0.4 is 4.74 Å². The Labute approximate surface area is 116 Å². The van der Waals surface area contributed by atoms with Gasteiger partial charge in [0.2, 0.25) is 0 Å². The van der Waals surface area contributed by atoms with Gasteiger partial charge < -0.3 is 14.6 Å². The fourth-order valence-corrected chi connectivity index (χ4v) is 1.74. The molecule has 0 bridgehead atoms. The van der Waals surface area contributed by atoms with Crippen LogP contribution in [-0.4, -0.2) is 24.9 Å². The zero-order valence-corrected chi connectivity index (χ0v) is 12.5. The van der Waals surface area contributed by atoms with E-state index in [1.54, 1.807) is 6.92 Å². The van der Waals surface area contributed by atoms with Gasteiger partial charge in [0.1, 0.15) is 12.4 Å². The summed E-state index contributed by atoms with van der Waals surface area (Å²) in [6, 6.07) is 5.85. The van der Waals surface area contributed by atoms with E-state index in [0.29, 0.717) is 19.1 Å². The molecule has 0 aliphatic rings. The molecule has 1 atom stereocenters. The van der Waals surface area contributed by atoms with E-state index in [1.165, 1.54) is 0 Å². The van der Waals surface area contributed by atoms with Crippen LogP contribution in [0.2, 0.25) is 0 Å². The number of aliphatic hydroxyl groups is 1. The predicted octanol–water partition coefficient (Wildman–Crippen LogP) is 3.49. The number of aryl methyl sites for hydroxylation is 1. The molecule has 19 heavy (non-hydrogen) atoms. The second kappa shape index (κ2) is 8.18. The van der Waals surface area contributed by atoms with Crippen LogP contribution in [0.25, 0.3) is 0 Å². The molecule has 1 rings (SSSR count). The molecular weight excluding hydrogens is 240 g/mol. The van der Waals surface area contributed by atoms with E-state index in [0.717, 1.165) is 29.9 Å². The summed E-state index contributed by atoms with van der Waals surface area (Å²) in [5.41, 5.74) is 1.95. The maximum atomic E-state index is 9.69. The quantitative estimate of drug-likeness (QED) is 0.732. The molecule has 1 aromatic rings. The zero-order valence-electron chi connectivity index (χ0n) is 12.5. The predicted molar refractivity (Wildman–Crippen MR) is 77.6 cm³/mol. The van der Waals surface area contributed by atoms with Gasteiger partial charge in [-0.2, -0.15) is 0 Å². The van der Waals surface area contributed by atoms with Crippen molar-refractivity contribution in [3.05, 3.63) is 29.3 Å². The van der Waals surface area contributed by atoms with Crippen molar-refractivity contribution < 1.29 is 14.6 Å². The monoisotopic (exact) mass is 266 g/mol. The van der Waals surface area contributed by atoms with Crippen LogP contribution in [0, 0.1) is 12.8 Å². The second-order valence-electron chi connectivity index (χ2n) is 5.36. The number of aliphatic hydroxyl groups excluding tert-OH is 1. The molecule has 0 fully saturated rings. The maximum Gasteiger partial charge on any atom is 0.125 e. The number of benzene rings is 1. The summed E-state index contributed by atoms with van der Waals surface area (Å²) in [5.74, 6) is 1.42. The Kier molecular flexibility index (Phi) is 6.89. The standard InChI is InChI=1S/C16H26O3/c1-12(2)7-8-18-9-10-19-16-11-13(3)5-6-15(16)14(4)17/h5-6,11-12,14,17H,7-10H2,1-4H3/t14-/m1/s1. The maximum absolute atomic E-state index is 9.69. The number of rotatable bonds is 8. The van der Waals surface area contributed by atoms with Gasteiger partial charge in [0.05, 0.1) is 12.7 Å². The first-order chi connectivity index (χ1) is 9.00. The molecule has 0 spiro atoms. The largest absolute Gasteiger partial charge is 0.491 e. The molecule has 0 saturated carbocycles. The van der Waals surface area contributed by atoms with Crippen molar-refractivity contribution in [2.45, 2.75) is 40.2 Å². The van der Waals surface area contributed by atoms with Gasteiger partial charge in [0.25, 0.3) is 0 Å². The Hall–Kier alpha value is -1.06. The van der Waals surface area contributed by atoms with Crippen molar-refractivity contribution in [1.29, 1.82) is 0 Å². The molecule has 0 aliphatic heterocycles. The van der Waals surface area contributed by atoms with Crippen LogP contribution in [0.4, 0.5) is 0 Å². The SMILES string of the molecule is Cc1ccc([C@@H](C)O)c(OCCOCCC(C)C)c1. The van der Waals surface area contributed by atoms with Crippen molar-refractivity contribution >= 4 is 0 Å². The number of hydrogen-bond acceptors (Lipinski definition) is 3. The zero-order chi connectivity index (χ0) is 14.3. The van der Waals surface area contributed by atoms with Gasteiger partial charge in [-0.25, -0.2) is 0 Å². The molecule has 1 aromatic carbocycles. The van der Waals surface area contributed by atoms with E-state index in [1.807, 2.05) is 25.1 Å². The van der Waals surface area contributed by atoms with Crippen molar-refractivity contribution in [3.8, 4) is 5.75 Å². The normalized spacial score (nSPS) is 12.7. The molecule has 1 N–H and O–H groups in total. The van der Waals surface area contributed by atoms with Gasteiger partial charge in [-0.3, -0.25) is 0 Å². The van der Waals surface area contributed by atoms with E-state index in [-0.39, 0.29) is 0 Å². The minimum atomic E-state index is -0.516. The molecule has 0 saturated heterocycles. The third kappa shape index (κ3) is 6.08. The molecule has 3 heteroatoms. The molecule has 0 aliphatic carbocycles. The average Bonchev–Trinajstić information content (AvgIpc) is 2.33. The lowest BCUT2D eigenvalue weighted by Gasteiger charge is -2.14. The minimum Gasteiger partial charge on any atom is -0.491 e. The molecule has 0 aromatic heterocycles. The summed E-state index contributed by atoms with van der Waals surface area (Å²) in [5, 5.41) is 9.69. The first-order valence-electron chi connectivity index (χ1n) is 7.00. The first kappa shape index (κ1) is 16.0. The van der Waals surface area contributed by atoms with Crippen LogP contribution >= 0.6 is 0 Å². The smallest absolute Gasteiger partial charge is 0.125 e. The summed E-state index contributed by atoms with van der Waals surface area (Å²) in [7, 11) is 0. The van der Waals surface area contributed by atoms with Gasteiger partial charge in [-0.1, -0.05) is 26.0 Å². The van der Waals surface area contributed by atoms with Crippen LogP contribution in [0.3, 0.4) is 0 Å². The fourth-order valence-electron chi connectivity index (χ4n) is 1.74. The molecule has 0 unspecified atom stereocenters. The molecule has 0 heterocycles. The molecule has 108 valence electrons. The van der Waals surface area contributed by atoms with E-state index in [4.69, 9.17) is 9.47 Å². The van der Waals surface area contributed by atoms with Crippen molar-refractivity contribution in [1.82, 2.24) is 0 Å². The van der Waals surface area contributed by atoms with Gasteiger partial charge in [0, 0.05) is 12.2 Å². The summed E-state index contributed by atoms with van der Waals surface area (Å²) in [4.78, 5) is 0. The first-order valence-corrected chi connectivity index (χ1v) is 7.00. The Bertz CT molecular complexity index is 372.